The standard InChI is InChI=1S/C12H14N2O4/c1-7-3-4-8(2)9(5-7)11(16)18-6-10(15)14-12(13)17/h3-5H,6H2,1-2H3,(H3,13,14,15,17). The molecule has 0 aromatic heterocycles. The Morgan fingerprint density at radius 2 is 1.94 bits per heavy atom. The number of imide groups is 1. The summed E-state index contributed by atoms with van der Waals surface area (Å²) in [5.41, 5.74) is 6.80. The van der Waals surface area contributed by atoms with E-state index in [1.807, 2.05) is 13.0 Å². The van der Waals surface area contributed by atoms with Crippen LogP contribution in [0, 0.1) is 13.8 Å². The molecule has 1 rings (SSSR count). The van der Waals surface area contributed by atoms with Gasteiger partial charge < -0.3 is 10.5 Å². The maximum atomic E-state index is 11.7. The van der Waals surface area contributed by atoms with Crippen LogP contribution in [0.25, 0.3) is 0 Å². The van der Waals surface area contributed by atoms with E-state index in [-0.39, 0.29) is 0 Å². The Morgan fingerprint density at radius 3 is 2.56 bits per heavy atom. The fourth-order valence-corrected chi connectivity index (χ4v) is 1.34. The van der Waals surface area contributed by atoms with Crippen molar-refractivity contribution in [3.8, 4) is 0 Å². The number of carbonyl (C=O) groups excluding carboxylic acids is 3. The Bertz CT molecular complexity index is 497. The van der Waals surface area contributed by atoms with Gasteiger partial charge >= 0.3 is 12.0 Å². The summed E-state index contributed by atoms with van der Waals surface area (Å²) >= 11 is 0. The first kappa shape index (κ1) is 13.7. The van der Waals surface area contributed by atoms with Gasteiger partial charge in [0, 0.05) is 0 Å². The molecule has 0 fully saturated rings. The number of hydrogen-bond acceptors (Lipinski definition) is 4. The van der Waals surface area contributed by atoms with Crippen LogP contribution in [0.5, 0.6) is 0 Å². The number of ether oxygens (including phenoxy) is 1. The molecule has 0 aliphatic rings. The minimum atomic E-state index is -0.984. The van der Waals surface area contributed by atoms with Gasteiger partial charge in [-0.25, -0.2) is 9.59 Å². The molecule has 18 heavy (non-hydrogen) atoms. The second-order valence-electron chi connectivity index (χ2n) is 3.81. The molecule has 0 bridgehead atoms. The molecule has 0 atom stereocenters. The van der Waals surface area contributed by atoms with Gasteiger partial charge in [-0.05, 0) is 25.5 Å². The molecular formula is C12H14N2O4. The first-order chi connectivity index (χ1) is 8.40. The summed E-state index contributed by atoms with van der Waals surface area (Å²) in [5, 5.41) is 1.80. The number of benzene rings is 1. The third-order valence-electron chi connectivity index (χ3n) is 2.21. The van der Waals surface area contributed by atoms with Crippen LogP contribution in [0.15, 0.2) is 18.2 Å². The molecule has 0 aliphatic heterocycles. The van der Waals surface area contributed by atoms with Crippen molar-refractivity contribution in [3.05, 3.63) is 34.9 Å². The maximum Gasteiger partial charge on any atom is 0.338 e. The molecule has 1 aromatic carbocycles. The van der Waals surface area contributed by atoms with Crippen LogP contribution >= 0.6 is 0 Å². The van der Waals surface area contributed by atoms with Crippen LogP contribution in [0.2, 0.25) is 0 Å². The Labute approximate surface area is 104 Å². The van der Waals surface area contributed by atoms with Crippen molar-refractivity contribution in [1.29, 1.82) is 0 Å². The van der Waals surface area contributed by atoms with Crippen LogP contribution in [0.3, 0.4) is 0 Å². The molecule has 3 N–H and O–H groups in total. The third-order valence-corrected chi connectivity index (χ3v) is 2.21. The summed E-state index contributed by atoms with van der Waals surface area (Å²) in [6, 6.07) is 4.34. The highest BCUT2D eigenvalue weighted by atomic mass is 16.5. The summed E-state index contributed by atoms with van der Waals surface area (Å²) in [7, 11) is 0. The highest BCUT2D eigenvalue weighted by Gasteiger charge is 2.13. The van der Waals surface area contributed by atoms with Gasteiger partial charge in [-0.2, -0.15) is 0 Å². The van der Waals surface area contributed by atoms with E-state index in [0.29, 0.717) is 5.56 Å². The lowest BCUT2D eigenvalue weighted by molar-refractivity contribution is -0.123. The van der Waals surface area contributed by atoms with Gasteiger partial charge in [-0.1, -0.05) is 17.7 Å². The molecule has 0 spiro atoms. The van der Waals surface area contributed by atoms with Crippen molar-refractivity contribution in [2.75, 3.05) is 6.61 Å². The molecule has 0 saturated carbocycles. The van der Waals surface area contributed by atoms with Gasteiger partial charge in [0.1, 0.15) is 0 Å². The molecular weight excluding hydrogens is 236 g/mol. The number of nitrogens with one attached hydrogen (secondary N) is 1. The number of rotatable bonds is 3. The SMILES string of the molecule is Cc1ccc(C)c(C(=O)OCC(=O)NC(N)=O)c1. The molecule has 1 aromatic rings. The number of urea groups is 1. The van der Waals surface area contributed by atoms with Crippen molar-refractivity contribution in [3.63, 3.8) is 0 Å². The van der Waals surface area contributed by atoms with E-state index in [0.717, 1.165) is 11.1 Å². The van der Waals surface area contributed by atoms with Crippen molar-refractivity contribution in [2.24, 2.45) is 5.73 Å². The number of primary amides is 1. The summed E-state index contributed by atoms with van der Waals surface area (Å²) in [6.07, 6.45) is 0. The number of hydrogen-bond donors (Lipinski definition) is 2. The van der Waals surface area contributed by atoms with Gasteiger partial charge in [0.2, 0.25) is 0 Å². The first-order valence-electron chi connectivity index (χ1n) is 5.24. The van der Waals surface area contributed by atoms with Gasteiger partial charge in [-0.3, -0.25) is 10.1 Å². The van der Waals surface area contributed by atoms with Gasteiger partial charge in [-0.15, -0.1) is 0 Å². The van der Waals surface area contributed by atoms with Crippen LogP contribution in [0.4, 0.5) is 4.79 Å². The number of carbonyl (C=O) groups is 3. The average molecular weight is 250 g/mol. The second kappa shape index (κ2) is 5.81. The molecule has 0 saturated heterocycles. The van der Waals surface area contributed by atoms with Gasteiger partial charge in [0.05, 0.1) is 5.56 Å². The molecule has 0 heterocycles. The molecule has 3 amide bonds. The van der Waals surface area contributed by atoms with E-state index in [4.69, 9.17) is 10.5 Å². The first-order valence-corrected chi connectivity index (χ1v) is 5.24. The van der Waals surface area contributed by atoms with E-state index in [1.54, 1.807) is 24.4 Å². The second-order valence-corrected chi connectivity index (χ2v) is 3.81. The van der Waals surface area contributed by atoms with Crippen LogP contribution in [-0.2, 0) is 9.53 Å². The number of nitrogens with two attached hydrogens (primary N) is 1. The van der Waals surface area contributed by atoms with Crippen molar-refractivity contribution in [2.45, 2.75) is 13.8 Å². The Hall–Kier alpha value is -2.37. The minimum absolute atomic E-state index is 0.391. The largest absolute Gasteiger partial charge is 0.452 e. The highest BCUT2D eigenvalue weighted by Crippen LogP contribution is 2.11. The summed E-state index contributed by atoms with van der Waals surface area (Å²) in [6.45, 7) is 3.06. The van der Waals surface area contributed by atoms with Crippen LogP contribution < -0.4 is 11.1 Å². The Morgan fingerprint density at radius 1 is 1.28 bits per heavy atom. The van der Waals surface area contributed by atoms with Gasteiger partial charge in [0.25, 0.3) is 5.91 Å². The lowest BCUT2D eigenvalue weighted by Crippen LogP contribution is -2.37. The predicted octanol–water partition coefficient (Wildman–Crippen LogP) is 0.655. The molecule has 0 radical (unpaired) electrons. The van der Waals surface area contributed by atoms with Crippen molar-refractivity contribution < 1.29 is 19.1 Å². The predicted molar refractivity (Wildman–Crippen MR) is 63.9 cm³/mol. The Kier molecular flexibility index (Phi) is 4.42. The number of esters is 1. The topological polar surface area (TPSA) is 98.5 Å². The monoisotopic (exact) mass is 250 g/mol. The highest BCUT2D eigenvalue weighted by molar-refractivity contribution is 5.96. The zero-order chi connectivity index (χ0) is 13.7. The number of amides is 3. The molecule has 6 heteroatoms. The summed E-state index contributed by atoms with van der Waals surface area (Å²) in [5.74, 6) is -1.38. The zero-order valence-electron chi connectivity index (χ0n) is 10.1. The minimum Gasteiger partial charge on any atom is -0.452 e. The fourth-order valence-electron chi connectivity index (χ4n) is 1.34. The van der Waals surface area contributed by atoms with E-state index in [2.05, 4.69) is 0 Å². The average Bonchev–Trinajstić information content (AvgIpc) is 2.28. The summed E-state index contributed by atoms with van der Waals surface area (Å²) in [4.78, 5) is 33.1. The molecule has 0 unspecified atom stereocenters. The lowest BCUT2D eigenvalue weighted by atomic mass is 10.1. The smallest absolute Gasteiger partial charge is 0.338 e. The zero-order valence-corrected chi connectivity index (χ0v) is 10.1. The molecule has 0 aliphatic carbocycles. The quantitative estimate of drug-likeness (QED) is 0.769. The maximum absolute atomic E-state index is 11.7. The van der Waals surface area contributed by atoms with E-state index in [1.165, 1.54) is 0 Å². The van der Waals surface area contributed by atoms with E-state index in [9.17, 15) is 14.4 Å². The van der Waals surface area contributed by atoms with E-state index < -0.39 is 24.5 Å². The van der Waals surface area contributed by atoms with Crippen LogP contribution in [-0.4, -0.2) is 24.5 Å². The third kappa shape index (κ3) is 3.89. The lowest BCUT2D eigenvalue weighted by Gasteiger charge is -2.07. The van der Waals surface area contributed by atoms with E-state index >= 15 is 0 Å². The summed E-state index contributed by atoms with van der Waals surface area (Å²) < 4.78 is 4.77. The van der Waals surface area contributed by atoms with Crippen LogP contribution in [0.1, 0.15) is 21.5 Å². The Balaban J connectivity index is 2.63. The van der Waals surface area contributed by atoms with Gasteiger partial charge in [0.15, 0.2) is 6.61 Å². The molecule has 96 valence electrons. The molecule has 6 nitrogen and oxygen atoms in total. The number of aryl methyl sites for hydroxylation is 2. The fraction of sp³-hybridized carbons (Fsp3) is 0.250. The normalized spacial score (nSPS) is 9.67. The van der Waals surface area contributed by atoms with Crippen molar-refractivity contribution in [1.82, 2.24) is 5.32 Å². The van der Waals surface area contributed by atoms with Crippen molar-refractivity contribution >= 4 is 17.9 Å².